The molecule has 1 rings (SSSR count). The summed E-state index contributed by atoms with van der Waals surface area (Å²) in [5, 5.41) is 9.24. The van der Waals surface area contributed by atoms with Gasteiger partial charge in [0.25, 0.3) is 6.71 Å². The Morgan fingerprint density at radius 2 is 2.13 bits per heavy atom. The van der Waals surface area contributed by atoms with Crippen molar-refractivity contribution in [1.29, 1.82) is 5.26 Å². The molecule has 0 unspecified atom stereocenters. The summed E-state index contributed by atoms with van der Waals surface area (Å²) >= 11 is 0. The Hall–Kier alpha value is -0.965. The van der Waals surface area contributed by atoms with Gasteiger partial charge < -0.3 is 0 Å². The smallest absolute Gasteiger partial charge is 0.213 e. The van der Waals surface area contributed by atoms with Crippen molar-refractivity contribution in [3.05, 3.63) is 23.8 Å². The molecule has 80 valence electrons. The number of hydrogen-bond donors (Lipinski definition) is 0. The van der Waals surface area contributed by atoms with Gasteiger partial charge in [-0.05, 0) is 31.5 Å². The van der Waals surface area contributed by atoms with Gasteiger partial charge in [-0.15, -0.1) is 0 Å². The molecule has 0 bridgehead atoms. The fourth-order valence-electron chi connectivity index (χ4n) is 2.46. The normalized spacial score (nSPS) is 23.4. The van der Waals surface area contributed by atoms with E-state index in [0.29, 0.717) is 5.92 Å². The fraction of sp³-hybridized carbons (Fsp3) is 0.615. The van der Waals surface area contributed by atoms with Crippen molar-refractivity contribution in [3.63, 3.8) is 0 Å². The van der Waals surface area contributed by atoms with Gasteiger partial charge in [-0.25, -0.2) is 5.26 Å². The molecular formula is C13H20BN. The quantitative estimate of drug-likeness (QED) is 0.491. The van der Waals surface area contributed by atoms with Crippen molar-refractivity contribution in [1.82, 2.24) is 0 Å². The average Bonchev–Trinajstić information content (AvgIpc) is 2.39. The van der Waals surface area contributed by atoms with Crippen molar-refractivity contribution in [2.24, 2.45) is 5.92 Å². The lowest BCUT2D eigenvalue weighted by Crippen LogP contribution is -2.19. The topological polar surface area (TPSA) is 23.8 Å². The van der Waals surface area contributed by atoms with Gasteiger partial charge in [0.15, 0.2) is 0 Å². The minimum absolute atomic E-state index is 0.151. The van der Waals surface area contributed by atoms with Gasteiger partial charge in [0, 0.05) is 5.97 Å². The van der Waals surface area contributed by atoms with E-state index in [1.165, 1.54) is 11.1 Å². The molecule has 0 radical (unpaired) electrons. The third-order valence-electron chi connectivity index (χ3n) is 3.39. The summed E-state index contributed by atoms with van der Waals surface area (Å²) in [6.45, 7) is 12.9. The monoisotopic (exact) mass is 201 g/mol. The number of hydrogen-bond acceptors (Lipinski definition) is 1. The van der Waals surface area contributed by atoms with Gasteiger partial charge >= 0.3 is 0 Å². The van der Waals surface area contributed by atoms with Gasteiger partial charge in [0.2, 0.25) is 0 Å². The predicted molar refractivity (Wildman–Crippen MR) is 66.9 cm³/mol. The minimum Gasteiger partial charge on any atom is -0.213 e. The second-order valence-electron chi connectivity index (χ2n) is 5.60. The van der Waals surface area contributed by atoms with Crippen molar-refractivity contribution in [2.45, 2.75) is 45.8 Å². The van der Waals surface area contributed by atoms with Gasteiger partial charge in [0.1, 0.15) is 0 Å². The van der Waals surface area contributed by atoms with Gasteiger partial charge in [-0.1, -0.05) is 44.0 Å². The molecule has 1 aliphatic heterocycles. The first-order valence-corrected chi connectivity index (χ1v) is 5.60. The second-order valence-corrected chi connectivity index (χ2v) is 5.60. The predicted octanol–water partition coefficient (Wildman–Crippen LogP) is 3.87. The number of nitrogens with zero attached hydrogens (tertiary/aromatic N) is 1. The molecule has 0 amide bonds. The summed E-state index contributed by atoms with van der Waals surface area (Å²) in [6, 6.07) is 0. The van der Waals surface area contributed by atoms with Crippen LogP contribution in [0.25, 0.3) is 0 Å². The summed E-state index contributed by atoms with van der Waals surface area (Å²) in [6.07, 6.45) is 4.22. The number of allylic oxidation sites excluding steroid dienone is 3. The fourth-order valence-corrected chi connectivity index (χ4v) is 2.46. The third-order valence-corrected chi connectivity index (χ3v) is 3.39. The van der Waals surface area contributed by atoms with Crippen LogP contribution in [0.4, 0.5) is 0 Å². The van der Waals surface area contributed by atoms with E-state index in [4.69, 9.17) is 5.26 Å². The Balaban J connectivity index is 2.75. The van der Waals surface area contributed by atoms with E-state index in [2.05, 4.69) is 46.3 Å². The minimum atomic E-state index is 0.151. The van der Waals surface area contributed by atoms with Crippen LogP contribution in [0.3, 0.4) is 0 Å². The van der Waals surface area contributed by atoms with E-state index >= 15 is 0 Å². The van der Waals surface area contributed by atoms with Crippen molar-refractivity contribution < 1.29 is 0 Å². The lowest BCUT2D eigenvalue weighted by Gasteiger charge is -2.19. The third kappa shape index (κ3) is 2.75. The van der Waals surface area contributed by atoms with E-state index < -0.39 is 0 Å². The molecule has 2 heteroatoms. The van der Waals surface area contributed by atoms with Gasteiger partial charge in [-0.2, -0.15) is 0 Å². The van der Waals surface area contributed by atoms with E-state index in [9.17, 15) is 0 Å². The highest BCUT2D eigenvalue weighted by Crippen LogP contribution is 2.49. The Bertz CT molecular complexity index is 329. The lowest BCUT2D eigenvalue weighted by molar-refractivity contribution is 0.553. The molecule has 0 spiro atoms. The van der Waals surface area contributed by atoms with Crippen LogP contribution in [0.15, 0.2) is 23.8 Å². The Labute approximate surface area is 93.9 Å². The Morgan fingerprint density at radius 3 is 2.53 bits per heavy atom. The largest absolute Gasteiger partial charge is 0.274 e. The molecular weight excluding hydrogens is 181 g/mol. The highest BCUT2D eigenvalue weighted by molar-refractivity contribution is 6.70. The molecule has 0 aromatic rings. The molecule has 0 N–H and O–H groups in total. The van der Waals surface area contributed by atoms with Crippen LogP contribution in [0, 0.1) is 17.1 Å². The highest BCUT2D eigenvalue weighted by atomic mass is 14.3. The van der Waals surface area contributed by atoms with E-state index in [-0.39, 0.29) is 12.0 Å². The molecule has 1 aliphatic rings. The van der Waals surface area contributed by atoms with Crippen LogP contribution in [0.2, 0.25) is 11.6 Å². The number of rotatable bonds is 2. The van der Waals surface area contributed by atoms with E-state index in [0.717, 1.165) is 12.7 Å². The molecule has 0 saturated carbocycles. The molecule has 1 saturated heterocycles. The molecule has 1 fully saturated rings. The summed E-state index contributed by atoms with van der Waals surface area (Å²) in [5.74, 6) is 2.93. The summed E-state index contributed by atoms with van der Waals surface area (Å²) < 4.78 is 0. The van der Waals surface area contributed by atoms with Crippen LogP contribution < -0.4 is 0 Å². The standard InChI is InChI=1S/C13H20BN/c1-10(2)6-11(3)12-7-13(4,5)14(8-12)9-15/h6,12H,3,7-8H2,1-2,4-5H3/t12-/m1/s1. The van der Waals surface area contributed by atoms with Crippen molar-refractivity contribution in [3.8, 4) is 5.97 Å². The maximum absolute atomic E-state index is 9.09. The highest BCUT2D eigenvalue weighted by Gasteiger charge is 2.44. The Kier molecular flexibility index (Phi) is 3.44. The zero-order valence-electron chi connectivity index (χ0n) is 10.3. The van der Waals surface area contributed by atoms with Crippen LogP contribution >= 0.6 is 0 Å². The molecule has 1 heterocycles. The second kappa shape index (κ2) is 4.27. The van der Waals surface area contributed by atoms with Crippen LogP contribution in [-0.2, 0) is 0 Å². The molecule has 0 aliphatic carbocycles. The maximum atomic E-state index is 9.09. The average molecular weight is 201 g/mol. The molecule has 1 nitrogen and oxygen atoms in total. The summed E-state index contributed by atoms with van der Waals surface area (Å²) in [4.78, 5) is 0. The molecule has 0 aromatic carbocycles. The summed E-state index contributed by atoms with van der Waals surface area (Å²) in [7, 11) is 0. The lowest BCUT2D eigenvalue weighted by atomic mass is 9.37. The summed E-state index contributed by atoms with van der Waals surface area (Å²) in [5.41, 5.74) is 2.49. The van der Waals surface area contributed by atoms with Crippen LogP contribution in [-0.4, -0.2) is 6.71 Å². The SMILES string of the molecule is C=C(C=C(C)C)[C@H]1CB(C#N)C(C)(C)C1. The first-order valence-electron chi connectivity index (χ1n) is 5.60. The Morgan fingerprint density at radius 1 is 1.53 bits per heavy atom. The van der Waals surface area contributed by atoms with Crippen molar-refractivity contribution in [2.75, 3.05) is 0 Å². The first-order chi connectivity index (χ1) is 6.86. The number of nitriles is 1. The maximum Gasteiger partial charge on any atom is 0.274 e. The van der Waals surface area contributed by atoms with Crippen LogP contribution in [0.5, 0.6) is 0 Å². The van der Waals surface area contributed by atoms with E-state index in [1.807, 2.05) is 0 Å². The first kappa shape index (κ1) is 12.1. The van der Waals surface area contributed by atoms with E-state index in [1.54, 1.807) is 0 Å². The zero-order valence-corrected chi connectivity index (χ0v) is 10.3. The van der Waals surface area contributed by atoms with Gasteiger partial charge in [-0.3, -0.25) is 0 Å². The van der Waals surface area contributed by atoms with Gasteiger partial charge in [0.05, 0.1) is 0 Å². The molecule has 0 aromatic heterocycles. The molecule has 15 heavy (non-hydrogen) atoms. The zero-order chi connectivity index (χ0) is 11.6. The van der Waals surface area contributed by atoms with Crippen LogP contribution in [0.1, 0.15) is 34.1 Å². The molecule has 1 atom stereocenters. The van der Waals surface area contributed by atoms with Crippen molar-refractivity contribution >= 4 is 6.71 Å².